The molecule has 0 bridgehead atoms. The van der Waals surface area contributed by atoms with Gasteiger partial charge in [-0.1, -0.05) is 18.5 Å². The first-order valence-electron chi connectivity index (χ1n) is 6.34. The molecule has 0 N–H and O–H groups in total. The highest BCUT2D eigenvalue weighted by Gasteiger charge is 2.17. The van der Waals surface area contributed by atoms with E-state index < -0.39 is 0 Å². The van der Waals surface area contributed by atoms with Gasteiger partial charge >= 0.3 is 0 Å². The number of methoxy groups -OCH3 is 1. The summed E-state index contributed by atoms with van der Waals surface area (Å²) in [6.45, 7) is 5.74. The first-order valence-corrected chi connectivity index (χ1v) is 6.72. The molecule has 0 aliphatic rings. The van der Waals surface area contributed by atoms with Gasteiger partial charge in [-0.25, -0.2) is 4.39 Å². The summed E-state index contributed by atoms with van der Waals surface area (Å²) in [5.74, 6) is 0.325. The number of benzene rings is 1. The van der Waals surface area contributed by atoms with Crippen molar-refractivity contribution in [1.29, 1.82) is 0 Å². The minimum Gasteiger partial charge on any atom is -0.496 e. The van der Waals surface area contributed by atoms with E-state index in [1.54, 1.807) is 13.3 Å². The molecule has 0 aliphatic carbocycles. The lowest BCUT2D eigenvalue weighted by atomic mass is 9.95. The Kier molecular flexibility index (Phi) is 4.61. The number of aromatic nitrogens is 1. The van der Waals surface area contributed by atoms with Crippen LogP contribution in [0.1, 0.15) is 17.5 Å². The predicted octanol–water partition coefficient (Wildman–Crippen LogP) is 4.62. The lowest BCUT2D eigenvalue weighted by Gasteiger charge is -2.17. The van der Waals surface area contributed by atoms with Crippen LogP contribution in [-0.2, 0) is 6.42 Å². The van der Waals surface area contributed by atoms with Crippen LogP contribution in [0.2, 0.25) is 5.02 Å². The van der Waals surface area contributed by atoms with Crippen LogP contribution in [0.5, 0.6) is 5.75 Å². The largest absolute Gasteiger partial charge is 0.496 e. The summed E-state index contributed by atoms with van der Waals surface area (Å²) in [6.07, 6.45) is 4.26. The third kappa shape index (κ3) is 2.78. The van der Waals surface area contributed by atoms with E-state index >= 15 is 0 Å². The average Bonchev–Trinajstić information content (AvgIpc) is 2.42. The first kappa shape index (κ1) is 14.8. The van der Waals surface area contributed by atoms with Crippen molar-refractivity contribution < 1.29 is 9.13 Å². The number of rotatable bonds is 4. The number of hydrogen-bond donors (Lipinski definition) is 0. The van der Waals surface area contributed by atoms with Crippen LogP contribution in [0.15, 0.2) is 24.5 Å². The van der Waals surface area contributed by atoms with Crippen LogP contribution in [0.25, 0.3) is 11.1 Å². The third-order valence-electron chi connectivity index (χ3n) is 3.20. The fraction of sp³-hybridized carbons (Fsp3) is 0.250. The van der Waals surface area contributed by atoms with Crippen LogP contribution in [0.4, 0.5) is 4.39 Å². The molecule has 1 radical (unpaired) electrons. The Bertz CT molecular complexity index is 628. The van der Waals surface area contributed by atoms with Gasteiger partial charge in [0.1, 0.15) is 11.6 Å². The number of hydrogen-bond acceptors (Lipinski definition) is 2. The molecule has 1 aromatic heterocycles. The molecule has 2 nitrogen and oxygen atoms in total. The highest BCUT2D eigenvalue weighted by Crippen LogP contribution is 2.40. The van der Waals surface area contributed by atoms with Gasteiger partial charge in [0.05, 0.1) is 13.3 Å². The molecule has 4 heteroatoms. The van der Waals surface area contributed by atoms with Gasteiger partial charge in [0.2, 0.25) is 0 Å². The molecule has 2 rings (SSSR count). The van der Waals surface area contributed by atoms with Gasteiger partial charge in [0.15, 0.2) is 0 Å². The molecule has 0 aliphatic heterocycles. The summed E-state index contributed by atoms with van der Waals surface area (Å²) in [5, 5.41) is 0.633. The molecule has 0 saturated heterocycles. The van der Waals surface area contributed by atoms with Gasteiger partial charge in [-0.05, 0) is 43.0 Å². The van der Waals surface area contributed by atoms with Gasteiger partial charge in [-0.3, -0.25) is 4.98 Å². The van der Waals surface area contributed by atoms with Gasteiger partial charge in [0, 0.05) is 22.3 Å². The maximum absolute atomic E-state index is 13.4. The van der Waals surface area contributed by atoms with Crippen molar-refractivity contribution in [1.82, 2.24) is 4.98 Å². The Morgan fingerprint density at radius 2 is 2.10 bits per heavy atom. The van der Waals surface area contributed by atoms with E-state index in [1.807, 2.05) is 13.0 Å². The number of halogens is 2. The van der Waals surface area contributed by atoms with Crippen molar-refractivity contribution in [2.24, 2.45) is 0 Å². The normalized spacial score (nSPS) is 10.7. The van der Waals surface area contributed by atoms with Crippen molar-refractivity contribution in [3.63, 3.8) is 0 Å². The summed E-state index contributed by atoms with van der Waals surface area (Å²) >= 11 is 6.28. The molecule has 0 unspecified atom stereocenters. The second-order valence-corrected chi connectivity index (χ2v) is 4.95. The van der Waals surface area contributed by atoms with Crippen LogP contribution >= 0.6 is 11.6 Å². The second kappa shape index (κ2) is 6.23. The van der Waals surface area contributed by atoms with E-state index in [-0.39, 0.29) is 5.82 Å². The SMILES string of the molecule is [CH2]CCc1cc(Cl)c(C)c(-c2cncc(F)c2)c1OC. The van der Waals surface area contributed by atoms with E-state index in [4.69, 9.17) is 16.3 Å². The fourth-order valence-electron chi connectivity index (χ4n) is 2.28. The van der Waals surface area contributed by atoms with E-state index in [2.05, 4.69) is 11.9 Å². The molecule has 2 aromatic rings. The summed E-state index contributed by atoms with van der Waals surface area (Å²) in [6, 6.07) is 3.32. The Hall–Kier alpha value is -1.61. The smallest absolute Gasteiger partial charge is 0.142 e. The van der Waals surface area contributed by atoms with E-state index in [1.165, 1.54) is 12.3 Å². The molecule has 0 atom stereocenters. The van der Waals surface area contributed by atoms with Crippen molar-refractivity contribution in [3.8, 4) is 16.9 Å². The fourth-order valence-corrected chi connectivity index (χ4v) is 2.51. The molecule has 105 valence electrons. The Morgan fingerprint density at radius 3 is 2.70 bits per heavy atom. The van der Waals surface area contributed by atoms with Gasteiger partial charge < -0.3 is 4.74 Å². The Labute approximate surface area is 123 Å². The molecular weight excluding hydrogens is 277 g/mol. The summed E-state index contributed by atoms with van der Waals surface area (Å²) in [7, 11) is 1.60. The zero-order valence-corrected chi connectivity index (χ0v) is 12.3. The van der Waals surface area contributed by atoms with Crippen LogP contribution in [0.3, 0.4) is 0 Å². The van der Waals surface area contributed by atoms with Crippen molar-refractivity contribution >= 4 is 11.6 Å². The molecule has 0 spiro atoms. The van der Waals surface area contributed by atoms with Gasteiger partial charge in [-0.2, -0.15) is 0 Å². The van der Waals surface area contributed by atoms with Crippen LogP contribution < -0.4 is 4.74 Å². The summed E-state index contributed by atoms with van der Waals surface area (Å²) in [5.41, 5.74) is 3.27. The van der Waals surface area contributed by atoms with Crippen LogP contribution in [-0.4, -0.2) is 12.1 Å². The van der Waals surface area contributed by atoms with E-state index in [9.17, 15) is 4.39 Å². The summed E-state index contributed by atoms with van der Waals surface area (Å²) in [4.78, 5) is 3.90. The number of pyridine rings is 1. The third-order valence-corrected chi connectivity index (χ3v) is 3.59. The molecule has 0 fully saturated rings. The summed E-state index contributed by atoms with van der Waals surface area (Å²) < 4.78 is 18.9. The standard InChI is InChI=1S/C16H16ClFNO/c1-4-5-11-7-14(17)10(2)15(16(11)20-3)12-6-13(18)9-19-8-12/h6-9H,1,4-5H2,2-3H3. The second-order valence-electron chi connectivity index (χ2n) is 4.55. The molecule has 0 amide bonds. The minimum absolute atomic E-state index is 0.386. The van der Waals surface area contributed by atoms with E-state index in [0.29, 0.717) is 16.3 Å². The molecule has 1 aromatic carbocycles. The number of nitrogens with zero attached hydrogens (tertiary/aromatic N) is 1. The Morgan fingerprint density at radius 1 is 1.35 bits per heavy atom. The quantitative estimate of drug-likeness (QED) is 0.820. The zero-order valence-electron chi connectivity index (χ0n) is 11.5. The van der Waals surface area contributed by atoms with Gasteiger partial charge in [-0.15, -0.1) is 0 Å². The highest BCUT2D eigenvalue weighted by molar-refractivity contribution is 6.32. The highest BCUT2D eigenvalue weighted by atomic mass is 35.5. The molecule has 20 heavy (non-hydrogen) atoms. The number of ether oxygens (including phenoxy) is 1. The Balaban J connectivity index is 2.72. The maximum Gasteiger partial charge on any atom is 0.142 e. The molecule has 0 saturated carbocycles. The van der Waals surface area contributed by atoms with Crippen LogP contribution in [0, 0.1) is 19.7 Å². The van der Waals surface area contributed by atoms with E-state index in [0.717, 1.165) is 29.5 Å². The topological polar surface area (TPSA) is 22.1 Å². The van der Waals surface area contributed by atoms with Crippen molar-refractivity contribution in [3.05, 3.63) is 53.4 Å². The minimum atomic E-state index is -0.386. The first-order chi connectivity index (χ1) is 9.58. The predicted molar refractivity (Wildman–Crippen MR) is 79.6 cm³/mol. The van der Waals surface area contributed by atoms with Gasteiger partial charge in [0.25, 0.3) is 0 Å². The monoisotopic (exact) mass is 292 g/mol. The number of aryl methyl sites for hydroxylation is 1. The maximum atomic E-state index is 13.4. The van der Waals surface area contributed by atoms with Crippen molar-refractivity contribution in [2.75, 3.05) is 7.11 Å². The zero-order chi connectivity index (χ0) is 14.7. The average molecular weight is 293 g/mol. The lowest BCUT2D eigenvalue weighted by Crippen LogP contribution is -1.99. The molecular formula is C16H16ClFNO. The lowest BCUT2D eigenvalue weighted by molar-refractivity contribution is 0.411. The molecule has 1 heterocycles. The van der Waals surface area contributed by atoms with Crippen molar-refractivity contribution in [2.45, 2.75) is 19.8 Å².